The molecule has 0 spiro atoms. The summed E-state index contributed by atoms with van der Waals surface area (Å²) in [5, 5.41) is 0. The first-order valence-corrected chi connectivity index (χ1v) is 24.2. The number of carbonyl (C=O) groups excluding carboxylic acids is 1. The molecule has 0 bridgehead atoms. The molecule has 4 aliphatic rings. The minimum absolute atomic E-state index is 0.0380. The maximum Gasteiger partial charge on any atom is 0.306 e. The van der Waals surface area contributed by atoms with Crippen LogP contribution in [0.15, 0.2) is 48.0 Å². The molecule has 6 heteroatoms. The second-order valence-electron chi connectivity index (χ2n) is 20.2. The van der Waals surface area contributed by atoms with Crippen LogP contribution in [0.4, 0.5) is 8.78 Å². The molecule has 2 aromatic rings. The van der Waals surface area contributed by atoms with Crippen LogP contribution in [0.1, 0.15) is 176 Å². The van der Waals surface area contributed by atoms with Gasteiger partial charge in [0.25, 0.3) is 0 Å². The average Bonchev–Trinajstić information content (AvgIpc) is 3.58. The lowest BCUT2D eigenvalue weighted by Crippen LogP contribution is -2.51. The fourth-order valence-corrected chi connectivity index (χ4v) is 12.4. The Hall–Kier alpha value is -2.89. The van der Waals surface area contributed by atoms with Gasteiger partial charge in [-0.05, 0) is 134 Å². The van der Waals surface area contributed by atoms with Gasteiger partial charge in [-0.15, -0.1) is 0 Å². The summed E-state index contributed by atoms with van der Waals surface area (Å²) < 4.78 is 47.6. The first-order chi connectivity index (χ1) is 28.4. The van der Waals surface area contributed by atoms with Crippen LogP contribution in [-0.4, -0.2) is 25.3 Å². The molecule has 0 aromatic heterocycles. The molecule has 3 saturated carbocycles. The van der Waals surface area contributed by atoms with Crippen molar-refractivity contribution in [3.05, 3.63) is 59.7 Å². The van der Waals surface area contributed by atoms with Crippen LogP contribution in [0.25, 0.3) is 11.1 Å². The number of ether oxygens (including phenoxy) is 3. The van der Waals surface area contributed by atoms with Gasteiger partial charge in [-0.3, -0.25) is 4.79 Å². The average molecular weight is 817 g/mol. The summed E-state index contributed by atoms with van der Waals surface area (Å²) in [6, 6.07) is 10.1. The van der Waals surface area contributed by atoms with E-state index in [1.54, 1.807) is 35.9 Å². The summed E-state index contributed by atoms with van der Waals surface area (Å²) >= 11 is 0. The quantitative estimate of drug-likeness (QED) is 0.0675. The van der Waals surface area contributed by atoms with Crippen LogP contribution in [0.3, 0.4) is 0 Å². The molecule has 0 saturated heterocycles. The summed E-state index contributed by atoms with van der Waals surface area (Å²) in [6.07, 6.45) is 26.6. The highest BCUT2D eigenvalue weighted by Crippen LogP contribution is 2.67. The summed E-state index contributed by atoms with van der Waals surface area (Å²) in [7, 11) is 0. The van der Waals surface area contributed by atoms with E-state index in [4.69, 9.17) is 14.2 Å². The summed E-state index contributed by atoms with van der Waals surface area (Å²) in [6.45, 7) is 15.5. The molecule has 3 fully saturated rings. The molecule has 0 unspecified atom stereocenters. The topological polar surface area (TPSA) is 44.8 Å². The SMILES string of the molecule is CCCCCCCCCCOc1ccc(-c2ccc(OCCCC(=O)O[C@H]3CC[C@@]4(C)C(=CC[C@H]5[C@@H]6CC[C@H]([C@H](C)CCCC(C)C)[C@@]6(C)CC[C@@H]54)C3)cc2)c(F)c1F. The second-order valence-corrected chi connectivity index (χ2v) is 20.2. The minimum Gasteiger partial charge on any atom is -0.494 e. The van der Waals surface area contributed by atoms with E-state index in [1.165, 1.54) is 89.5 Å². The van der Waals surface area contributed by atoms with Gasteiger partial charge in [-0.2, -0.15) is 4.39 Å². The Labute approximate surface area is 357 Å². The van der Waals surface area contributed by atoms with Crippen LogP contribution >= 0.6 is 0 Å². The van der Waals surface area contributed by atoms with Gasteiger partial charge in [0.1, 0.15) is 11.9 Å². The molecular weight excluding hydrogens is 739 g/mol. The Bertz CT molecular complexity index is 1670. The maximum atomic E-state index is 15.1. The molecule has 0 N–H and O–H groups in total. The number of unbranched alkanes of at least 4 members (excludes halogenated alkanes) is 7. The Morgan fingerprint density at radius 3 is 2.24 bits per heavy atom. The lowest BCUT2D eigenvalue weighted by Gasteiger charge is -2.58. The van der Waals surface area contributed by atoms with Gasteiger partial charge < -0.3 is 14.2 Å². The van der Waals surface area contributed by atoms with E-state index in [0.717, 1.165) is 74.0 Å². The molecule has 4 nitrogen and oxygen atoms in total. The number of esters is 1. The standard InChI is InChI=1S/C53H78F2O4/c1-7-8-9-10-11-12-13-14-34-58-48-29-26-43(50(54)51(48)55)39-20-23-41(24-21-39)57-35-16-19-49(56)59-42-30-32-52(5)40(36-42)22-25-44-46-28-27-45(38(4)18-15-17-37(2)3)53(46,6)33-31-47(44)52/h20-24,26,29,37-38,42,44-47H,7-19,25,27-28,30-36H2,1-6H3/t38-,42+,44+,45-,46+,47+,52+,53-/m1/s1. The predicted molar refractivity (Wildman–Crippen MR) is 238 cm³/mol. The van der Waals surface area contributed by atoms with E-state index in [9.17, 15) is 9.18 Å². The number of halogens is 2. The predicted octanol–water partition coefficient (Wildman–Crippen LogP) is 15.3. The summed E-state index contributed by atoms with van der Waals surface area (Å²) in [5.41, 5.74) is 3.03. The van der Waals surface area contributed by atoms with Gasteiger partial charge in [0.15, 0.2) is 11.6 Å². The van der Waals surface area contributed by atoms with Gasteiger partial charge in [0.05, 0.1) is 13.2 Å². The van der Waals surface area contributed by atoms with E-state index in [-0.39, 0.29) is 28.8 Å². The Kier molecular flexibility index (Phi) is 16.4. The molecule has 8 atom stereocenters. The van der Waals surface area contributed by atoms with Crippen molar-refractivity contribution in [3.8, 4) is 22.6 Å². The smallest absolute Gasteiger partial charge is 0.306 e. The van der Waals surface area contributed by atoms with Crippen LogP contribution in [-0.2, 0) is 9.53 Å². The van der Waals surface area contributed by atoms with E-state index in [2.05, 4.69) is 47.6 Å². The molecule has 0 aliphatic heterocycles. The second kappa shape index (κ2) is 21.3. The number of rotatable bonds is 22. The zero-order valence-corrected chi connectivity index (χ0v) is 37.7. The Morgan fingerprint density at radius 1 is 0.763 bits per heavy atom. The van der Waals surface area contributed by atoms with Crippen LogP contribution < -0.4 is 9.47 Å². The Balaban J connectivity index is 0.904. The number of carbonyl (C=O) groups is 1. The lowest BCUT2D eigenvalue weighted by atomic mass is 9.47. The highest BCUT2D eigenvalue weighted by Gasteiger charge is 2.59. The number of benzene rings is 2. The van der Waals surface area contributed by atoms with Crippen molar-refractivity contribution in [2.75, 3.05) is 13.2 Å². The monoisotopic (exact) mass is 817 g/mol. The summed E-state index contributed by atoms with van der Waals surface area (Å²) in [5.74, 6) is 3.49. The molecule has 59 heavy (non-hydrogen) atoms. The number of fused-ring (bicyclic) bond motifs is 5. The first-order valence-electron chi connectivity index (χ1n) is 24.2. The number of allylic oxidation sites excluding steroid dienone is 1. The zero-order chi connectivity index (χ0) is 42.0. The van der Waals surface area contributed by atoms with E-state index >= 15 is 4.39 Å². The van der Waals surface area contributed by atoms with Crippen molar-refractivity contribution in [2.45, 2.75) is 182 Å². The summed E-state index contributed by atoms with van der Waals surface area (Å²) in [4.78, 5) is 13.0. The first kappa shape index (κ1) is 45.6. The molecule has 2 aromatic carbocycles. The third-order valence-corrected chi connectivity index (χ3v) is 15.8. The number of hydrogen-bond donors (Lipinski definition) is 0. The fourth-order valence-electron chi connectivity index (χ4n) is 12.4. The minimum atomic E-state index is -0.952. The molecule has 6 rings (SSSR count). The van der Waals surface area contributed by atoms with E-state index in [0.29, 0.717) is 42.8 Å². The third-order valence-electron chi connectivity index (χ3n) is 15.8. The van der Waals surface area contributed by atoms with Crippen LogP contribution in [0.2, 0.25) is 0 Å². The molecular formula is C53H78F2O4. The fraction of sp³-hybridized carbons (Fsp3) is 0.717. The van der Waals surface area contributed by atoms with Crippen LogP contribution in [0, 0.1) is 58.0 Å². The maximum absolute atomic E-state index is 15.1. The van der Waals surface area contributed by atoms with Crippen molar-refractivity contribution in [1.82, 2.24) is 0 Å². The van der Waals surface area contributed by atoms with Crippen molar-refractivity contribution in [2.24, 2.45) is 46.3 Å². The lowest BCUT2D eigenvalue weighted by molar-refractivity contribution is -0.151. The van der Waals surface area contributed by atoms with Crippen molar-refractivity contribution in [3.63, 3.8) is 0 Å². The highest BCUT2D eigenvalue weighted by molar-refractivity contribution is 5.69. The molecule has 0 radical (unpaired) electrons. The van der Waals surface area contributed by atoms with E-state index in [1.807, 2.05) is 0 Å². The van der Waals surface area contributed by atoms with Crippen molar-refractivity contribution < 1.29 is 27.8 Å². The molecule has 0 amide bonds. The van der Waals surface area contributed by atoms with Crippen LogP contribution in [0.5, 0.6) is 11.5 Å². The molecule has 4 aliphatic carbocycles. The highest BCUT2D eigenvalue weighted by atomic mass is 19.2. The molecule has 328 valence electrons. The Morgan fingerprint density at radius 2 is 1.49 bits per heavy atom. The van der Waals surface area contributed by atoms with Crippen molar-refractivity contribution in [1.29, 1.82) is 0 Å². The van der Waals surface area contributed by atoms with E-state index < -0.39 is 11.6 Å². The van der Waals surface area contributed by atoms with Gasteiger partial charge in [-0.25, -0.2) is 4.39 Å². The molecule has 0 heterocycles. The van der Waals surface area contributed by atoms with Gasteiger partial charge in [0, 0.05) is 18.4 Å². The number of hydrogen-bond acceptors (Lipinski definition) is 4. The van der Waals surface area contributed by atoms with Gasteiger partial charge in [-0.1, -0.05) is 130 Å². The van der Waals surface area contributed by atoms with Crippen molar-refractivity contribution >= 4 is 5.97 Å². The van der Waals surface area contributed by atoms with Gasteiger partial charge >= 0.3 is 5.97 Å². The normalized spacial score (nSPS) is 28.0. The zero-order valence-electron chi connectivity index (χ0n) is 37.7. The third kappa shape index (κ3) is 11.1. The largest absolute Gasteiger partial charge is 0.494 e. The van der Waals surface area contributed by atoms with Gasteiger partial charge in [0.2, 0.25) is 5.82 Å².